The Labute approximate surface area is 235 Å². The summed E-state index contributed by atoms with van der Waals surface area (Å²) in [4.78, 5) is 27.2. The smallest absolute Gasteiger partial charge is 0.337 e. The molecule has 9 nitrogen and oxygen atoms in total. The molecule has 0 aliphatic carbocycles. The molecule has 210 valence electrons. The van der Waals surface area contributed by atoms with E-state index in [-0.39, 0.29) is 5.91 Å². The fourth-order valence-corrected chi connectivity index (χ4v) is 5.61. The van der Waals surface area contributed by atoms with E-state index in [1.54, 1.807) is 56.3 Å². The number of benzene rings is 3. The lowest BCUT2D eigenvalue weighted by Gasteiger charge is -2.28. The molecule has 0 radical (unpaired) electrons. The predicted molar refractivity (Wildman–Crippen MR) is 160 cm³/mol. The van der Waals surface area contributed by atoms with Gasteiger partial charge in [0.1, 0.15) is 0 Å². The van der Waals surface area contributed by atoms with Crippen molar-refractivity contribution < 1.29 is 22.7 Å². The number of hydrogen-bond acceptors (Lipinski definition) is 7. The maximum atomic E-state index is 13.2. The number of fused-ring (bicyclic) bond motifs is 1. The van der Waals surface area contributed by atoms with Crippen LogP contribution in [0.25, 0.3) is 11.3 Å². The third kappa shape index (κ3) is 6.03. The molecule has 1 heterocycles. The number of nitrogens with zero attached hydrogens (tertiary/aromatic N) is 2. The second-order valence-corrected chi connectivity index (χ2v) is 12.4. The van der Waals surface area contributed by atoms with Crippen molar-refractivity contribution in [3.63, 3.8) is 0 Å². The van der Waals surface area contributed by atoms with Crippen molar-refractivity contribution in [2.24, 2.45) is 0 Å². The van der Waals surface area contributed by atoms with Gasteiger partial charge in [0, 0.05) is 24.3 Å². The van der Waals surface area contributed by atoms with E-state index in [0.717, 1.165) is 5.56 Å². The van der Waals surface area contributed by atoms with E-state index in [4.69, 9.17) is 4.74 Å². The molecule has 0 saturated carbocycles. The molecular formula is C30H34N4O5S. The summed E-state index contributed by atoms with van der Waals surface area (Å²) in [7, 11) is 1.57. The zero-order valence-corrected chi connectivity index (χ0v) is 24.1. The largest absolute Gasteiger partial charge is 0.465 e. The number of sulfonamides is 1. The minimum absolute atomic E-state index is 0.308. The number of anilines is 3. The summed E-state index contributed by atoms with van der Waals surface area (Å²) in [5.74, 6) is -0.798. The van der Waals surface area contributed by atoms with E-state index in [0.29, 0.717) is 52.5 Å². The van der Waals surface area contributed by atoms with Crippen LogP contribution in [0, 0.1) is 0 Å². The van der Waals surface area contributed by atoms with Gasteiger partial charge in [0.2, 0.25) is 10.0 Å². The van der Waals surface area contributed by atoms with E-state index in [1.165, 1.54) is 11.4 Å². The van der Waals surface area contributed by atoms with Crippen molar-refractivity contribution in [3.8, 4) is 0 Å². The van der Waals surface area contributed by atoms with Crippen LogP contribution in [0.3, 0.4) is 0 Å². The summed E-state index contributed by atoms with van der Waals surface area (Å²) in [6.07, 6.45) is 0. The maximum Gasteiger partial charge on any atom is 0.337 e. The van der Waals surface area contributed by atoms with Crippen LogP contribution in [0.4, 0.5) is 17.1 Å². The molecule has 3 aromatic rings. The van der Waals surface area contributed by atoms with Crippen molar-refractivity contribution in [3.05, 3.63) is 89.5 Å². The Morgan fingerprint density at radius 2 is 1.62 bits per heavy atom. The molecule has 0 atom stereocenters. The van der Waals surface area contributed by atoms with E-state index in [9.17, 15) is 18.0 Å². The molecule has 0 bridgehead atoms. The van der Waals surface area contributed by atoms with Gasteiger partial charge in [-0.05, 0) is 69.9 Å². The Bertz CT molecular complexity index is 1530. The number of carbonyl (C=O) groups excluding carboxylic acids is 2. The topological polar surface area (TPSA) is 108 Å². The number of amides is 1. The van der Waals surface area contributed by atoms with Crippen molar-refractivity contribution in [1.29, 1.82) is 0 Å². The normalized spacial score (nSPS) is 14.1. The van der Waals surface area contributed by atoms with Crippen LogP contribution in [0.5, 0.6) is 0 Å². The predicted octanol–water partition coefficient (Wildman–Crippen LogP) is 4.51. The SMILES string of the molecule is COC(=O)c1ccc2c(c1)NC(=O)C2=C(Nc1ccc(N(CCN(C)C)S(=O)(=O)C(C)C)cc1)c1ccccc1. The molecule has 0 spiro atoms. The minimum atomic E-state index is -3.54. The second kappa shape index (κ2) is 11.9. The Kier molecular flexibility index (Phi) is 8.61. The summed E-state index contributed by atoms with van der Waals surface area (Å²) >= 11 is 0. The molecule has 1 aliphatic rings. The van der Waals surface area contributed by atoms with Gasteiger partial charge < -0.3 is 20.3 Å². The van der Waals surface area contributed by atoms with E-state index in [2.05, 4.69) is 10.6 Å². The highest BCUT2D eigenvalue weighted by molar-refractivity contribution is 7.93. The first-order valence-corrected chi connectivity index (χ1v) is 14.4. The number of methoxy groups -OCH3 is 1. The molecule has 1 aliphatic heterocycles. The number of ether oxygens (including phenoxy) is 1. The van der Waals surface area contributed by atoms with Gasteiger partial charge in [-0.3, -0.25) is 9.10 Å². The van der Waals surface area contributed by atoms with Crippen LogP contribution in [0.1, 0.15) is 35.3 Å². The molecule has 3 aromatic carbocycles. The number of hydrogen-bond donors (Lipinski definition) is 2. The van der Waals surface area contributed by atoms with E-state index in [1.807, 2.05) is 49.3 Å². The van der Waals surface area contributed by atoms with Gasteiger partial charge in [-0.2, -0.15) is 0 Å². The molecule has 0 saturated heterocycles. The van der Waals surface area contributed by atoms with Gasteiger partial charge in [-0.15, -0.1) is 0 Å². The maximum absolute atomic E-state index is 13.2. The van der Waals surface area contributed by atoms with Crippen LogP contribution in [0.2, 0.25) is 0 Å². The Balaban J connectivity index is 1.74. The molecule has 0 fully saturated rings. The zero-order chi connectivity index (χ0) is 29.0. The quantitative estimate of drug-likeness (QED) is 0.277. The first-order chi connectivity index (χ1) is 19.0. The molecular weight excluding hydrogens is 528 g/mol. The lowest BCUT2D eigenvalue weighted by molar-refractivity contribution is -0.110. The first-order valence-electron chi connectivity index (χ1n) is 12.9. The molecule has 10 heteroatoms. The van der Waals surface area contributed by atoms with Crippen LogP contribution in [-0.2, 0) is 19.6 Å². The third-order valence-electron chi connectivity index (χ3n) is 6.58. The fraction of sp³-hybridized carbons (Fsp3) is 0.267. The summed E-state index contributed by atoms with van der Waals surface area (Å²) in [6.45, 7) is 4.24. The van der Waals surface area contributed by atoms with Crippen molar-refractivity contribution in [2.45, 2.75) is 19.1 Å². The van der Waals surface area contributed by atoms with Crippen LogP contribution in [-0.4, -0.2) is 64.7 Å². The standard InChI is InChI=1S/C30H34N4O5S/c1-20(2)40(37,38)34(18-17-33(3)4)24-14-12-23(13-15-24)31-28(21-9-7-6-8-10-21)27-25-16-11-22(30(36)39-5)19-26(25)32-29(27)35/h6-16,19-20,31H,17-18H2,1-5H3,(H,32,35). The van der Waals surface area contributed by atoms with Crippen molar-refractivity contribution in [2.75, 3.05) is 49.2 Å². The molecule has 4 rings (SSSR count). The summed E-state index contributed by atoms with van der Waals surface area (Å²) in [6, 6.07) is 21.5. The van der Waals surface area contributed by atoms with Crippen LogP contribution in [0.15, 0.2) is 72.8 Å². The lowest BCUT2D eigenvalue weighted by Crippen LogP contribution is -2.40. The second-order valence-electron chi connectivity index (χ2n) is 9.96. The molecule has 40 heavy (non-hydrogen) atoms. The Morgan fingerprint density at radius 1 is 0.950 bits per heavy atom. The lowest BCUT2D eigenvalue weighted by atomic mass is 9.99. The first kappa shape index (κ1) is 28.8. The summed E-state index contributed by atoms with van der Waals surface area (Å²) in [5, 5.41) is 5.67. The van der Waals surface area contributed by atoms with Crippen LogP contribution >= 0.6 is 0 Å². The monoisotopic (exact) mass is 562 g/mol. The minimum Gasteiger partial charge on any atom is -0.465 e. The van der Waals surface area contributed by atoms with Crippen molar-refractivity contribution >= 4 is 50.2 Å². The van der Waals surface area contributed by atoms with Gasteiger partial charge in [-0.1, -0.05) is 36.4 Å². The highest BCUT2D eigenvalue weighted by atomic mass is 32.2. The fourth-order valence-electron chi connectivity index (χ4n) is 4.35. The molecule has 2 N–H and O–H groups in total. The molecule has 1 amide bonds. The third-order valence-corrected chi connectivity index (χ3v) is 8.77. The molecule has 0 aromatic heterocycles. The van der Waals surface area contributed by atoms with E-state index < -0.39 is 21.2 Å². The Hall–Kier alpha value is -4.15. The molecule has 0 unspecified atom stereocenters. The van der Waals surface area contributed by atoms with Gasteiger partial charge in [0.05, 0.1) is 40.6 Å². The zero-order valence-electron chi connectivity index (χ0n) is 23.3. The highest BCUT2D eigenvalue weighted by Crippen LogP contribution is 2.38. The number of nitrogens with one attached hydrogen (secondary N) is 2. The van der Waals surface area contributed by atoms with Gasteiger partial charge in [0.25, 0.3) is 5.91 Å². The van der Waals surface area contributed by atoms with Gasteiger partial charge in [0.15, 0.2) is 0 Å². The van der Waals surface area contributed by atoms with Gasteiger partial charge in [-0.25, -0.2) is 13.2 Å². The van der Waals surface area contributed by atoms with Crippen molar-refractivity contribution in [1.82, 2.24) is 4.90 Å². The average Bonchev–Trinajstić information content (AvgIpc) is 3.26. The van der Waals surface area contributed by atoms with Crippen LogP contribution < -0.4 is 14.9 Å². The summed E-state index contributed by atoms with van der Waals surface area (Å²) in [5.41, 5.74) is 4.54. The van der Waals surface area contributed by atoms with Gasteiger partial charge >= 0.3 is 5.97 Å². The number of carbonyl (C=O) groups is 2. The summed E-state index contributed by atoms with van der Waals surface area (Å²) < 4.78 is 32.5. The number of rotatable bonds is 10. The Morgan fingerprint density at radius 3 is 2.23 bits per heavy atom. The highest BCUT2D eigenvalue weighted by Gasteiger charge is 2.30. The number of likely N-dealkylation sites (N-methyl/N-ethyl adjacent to an activating group) is 1. The average molecular weight is 563 g/mol. The van der Waals surface area contributed by atoms with E-state index >= 15 is 0 Å². The number of esters is 1.